The molecule has 0 bridgehead atoms. The van der Waals surface area contributed by atoms with Gasteiger partial charge in [-0.15, -0.1) is 0 Å². The number of hydrogen-bond acceptors (Lipinski definition) is 7. The summed E-state index contributed by atoms with van der Waals surface area (Å²) in [6, 6.07) is 1.72. The van der Waals surface area contributed by atoms with Gasteiger partial charge in [0.2, 0.25) is 11.8 Å². The van der Waals surface area contributed by atoms with Gasteiger partial charge in [0.1, 0.15) is 5.82 Å². The average Bonchev–Trinajstić information content (AvgIpc) is 2.38. The van der Waals surface area contributed by atoms with Crippen molar-refractivity contribution in [2.24, 2.45) is 0 Å². The van der Waals surface area contributed by atoms with Crippen LogP contribution in [0.3, 0.4) is 0 Å². The summed E-state index contributed by atoms with van der Waals surface area (Å²) in [7, 11) is 1.53. The summed E-state index contributed by atoms with van der Waals surface area (Å²) in [5.74, 6) is 1.29. The van der Waals surface area contributed by atoms with Crippen LogP contribution in [0.1, 0.15) is 0 Å². The van der Waals surface area contributed by atoms with Crippen LogP contribution < -0.4 is 15.4 Å². The van der Waals surface area contributed by atoms with Gasteiger partial charge in [-0.05, 0) is 0 Å². The molecule has 17 heavy (non-hydrogen) atoms. The molecule has 1 atom stereocenters. The summed E-state index contributed by atoms with van der Waals surface area (Å²) in [5, 5.41) is 9.08. The van der Waals surface area contributed by atoms with E-state index in [-0.39, 0.29) is 18.7 Å². The second-order valence-corrected chi connectivity index (χ2v) is 3.75. The molecule has 2 heterocycles. The molecule has 1 fully saturated rings. The average molecular weight is 240 g/mol. The molecule has 2 rings (SSSR count). The van der Waals surface area contributed by atoms with Crippen LogP contribution in [-0.4, -0.2) is 54.6 Å². The first kappa shape index (κ1) is 11.9. The SMILES string of the molecule is COc1cc(N2CCOC(CO)C2)nc(N)n1. The topological polar surface area (TPSA) is 93.7 Å². The zero-order valence-electron chi connectivity index (χ0n) is 9.67. The van der Waals surface area contributed by atoms with Crippen molar-refractivity contribution >= 4 is 11.8 Å². The molecule has 1 saturated heterocycles. The number of morpholine rings is 1. The van der Waals surface area contributed by atoms with E-state index in [4.69, 9.17) is 20.3 Å². The second-order valence-electron chi connectivity index (χ2n) is 3.75. The van der Waals surface area contributed by atoms with Crippen molar-refractivity contribution < 1.29 is 14.6 Å². The molecule has 1 unspecified atom stereocenters. The van der Waals surface area contributed by atoms with Gasteiger partial charge in [-0.2, -0.15) is 9.97 Å². The lowest BCUT2D eigenvalue weighted by molar-refractivity contribution is 0.00335. The molecule has 0 amide bonds. The molecule has 0 radical (unpaired) electrons. The Bertz CT molecular complexity index is 388. The molecular formula is C10H16N4O3. The van der Waals surface area contributed by atoms with Crippen LogP contribution in [-0.2, 0) is 4.74 Å². The fourth-order valence-corrected chi connectivity index (χ4v) is 1.73. The van der Waals surface area contributed by atoms with E-state index in [2.05, 4.69) is 9.97 Å². The molecule has 0 saturated carbocycles. The molecule has 1 aliphatic heterocycles. The Hall–Kier alpha value is -1.60. The minimum atomic E-state index is -0.189. The van der Waals surface area contributed by atoms with E-state index in [1.165, 1.54) is 7.11 Å². The highest BCUT2D eigenvalue weighted by Gasteiger charge is 2.21. The van der Waals surface area contributed by atoms with Gasteiger partial charge in [-0.3, -0.25) is 0 Å². The predicted octanol–water partition coefficient (Wildman–Crippen LogP) is -0.735. The predicted molar refractivity (Wildman–Crippen MR) is 62.0 cm³/mol. The number of aliphatic hydroxyl groups is 1. The lowest BCUT2D eigenvalue weighted by Crippen LogP contribution is -2.44. The fourth-order valence-electron chi connectivity index (χ4n) is 1.73. The maximum Gasteiger partial charge on any atom is 0.225 e. The van der Waals surface area contributed by atoms with E-state index in [9.17, 15) is 0 Å². The van der Waals surface area contributed by atoms with Crippen molar-refractivity contribution in [3.63, 3.8) is 0 Å². The Morgan fingerprint density at radius 2 is 2.47 bits per heavy atom. The number of nitrogens with two attached hydrogens (primary N) is 1. The molecule has 94 valence electrons. The fraction of sp³-hybridized carbons (Fsp3) is 0.600. The van der Waals surface area contributed by atoms with Crippen LogP contribution in [0.15, 0.2) is 6.07 Å². The van der Waals surface area contributed by atoms with Gasteiger partial charge in [0, 0.05) is 19.2 Å². The number of anilines is 2. The monoisotopic (exact) mass is 240 g/mol. The second kappa shape index (κ2) is 5.15. The quantitative estimate of drug-likeness (QED) is 0.719. The molecule has 7 nitrogen and oxygen atoms in total. The first-order chi connectivity index (χ1) is 8.22. The summed E-state index contributed by atoms with van der Waals surface area (Å²) in [5.41, 5.74) is 5.60. The van der Waals surface area contributed by atoms with Crippen LogP contribution in [0.5, 0.6) is 5.88 Å². The summed E-state index contributed by atoms with van der Waals surface area (Å²) in [4.78, 5) is 10.1. The van der Waals surface area contributed by atoms with Crippen molar-refractivity contribution in [3.8, 4) is 5.88 Å². The molecule has 1 aliphatic rings. The van der Waals surface area contributed by atoms with Gasteiger partial charge in [0.25, 0.3) is 0 Å². The molecule has 0 aromatic carbocycles. The van der Waals surface area contributed by atoms with Crippen molar-refractivity contribution in [2.75, 3.05) is 44.0 Å². The van der Waals surface area contributed by atoms with Crippen LogP contribution in [0, 0.1) is 0 Å². The lowest BCUT2D eigenvalue weighted by atomic mass is 10.3. The van der Waals surface area contributed by atoms with Crippen LogP contribution >= 0.6 is 0 Å². The first-order valence-electron chi connectivity index (χ1n) is 5.39. The van der Waals surface area contributed by atoms with Gasteiger partial charge >= 0.3 is 0 Å². The highest BCUT2D eigenvalue weighted by atomic mass is 16.5. The highest BCUT2D eigenvalue weighted by molar-refractivity contribution is 5.45. The smallest absolute Gasteiger partial charge is 0.225 e. The molecule has 1 aromatic heterocycles. The van der Waals surface area contributed by atoms with E-state index >= 15 is 0 Å². The Morgan fingerprint density at radius 1 is 1.65 bits per heavy atom. The van der Waals surface area contributed by atoms with Gasteiger partial charge < -0.3 is 25.2 Å². The number of rotatable bonds is 3. The van der Waals surface area contributed by atoms with E-state index in [0.29, 0.717) is 31.4 Å². The molecule has 7 heteroatoms. The van der Waals surface area contributed by atoms with Crippen LogP contribution in [0.2, 0.25) is 0 Å². The Kier molecular flexibility index (Phi) is 3.60. The van der Waals surface area contributed by atoms with E-state index in [1.807, 2.05) is 4.90 Å². The zero-order chi connectivity index (χ0) is 12.3. The van der Waals surface area contributed by atoms with Crippen LogP contribution in [0.4, 0.5) is 11.8 Å². The Morgan fingerprint density at radius 3 is 3.18 bits per heavy atom. The molecule has 0 spiro atoms. The number of nitrogen functional groups attached to an aromatic ring is 1. The maximum atomic E-state index is 9.08. The van der Waals surface area contributed by atoms with Gasteiger partial charge in [-0.1, -0.05) is 0 Å². The van der Waals surface area contributed by atoms with Gasteiger partial charge in [0.15, 0.2) is 0 Å². The maximum absolute atomic E-state index is 9.08. The van der Waals surface area contributed by atoms with Gasteiger partial charge in [-0.25, -0.2) is 0 Å². The molecule has 3 N–H and O–H groups in total. The van der Waals surface area contributed by atoms with Crippen molar-refractivity contribution in [3.05, 3.63) is 6.07 Å². The third-order valence-electron chi connectivity index (χ3n) is 2.58. The molecule has 1 aromatic rings. The number of methoxy groups -OCH3 is 1. The molecule has 0 aliphatic carbocycles. The number of hydrogen-bond donors (Lipinski definition) is 2. The summed E-state index contributed by atoms with van der Waals surface area (Å²) in [6.07, 6.45) is -0.189. The van der Waals surface area contributed by atoms with Crippen molar-refractivity contribution in [1.82, 2.24) is 9.97 Å². The summed E-state index contributed by atoms with van der Waals surface area (Å²) >= 11 is 0. The van der Waals surface area contributed by atoms with E-state index < -0.39 is 0 Å². The number of aliphatic hydroxyl groups excluding tert-OH is 1. The minimum absolute atomic E-state index is 0.00575. The van der Waals surface area contributed by atoms with E-state index in [0.717, 1.165) is 0 Å². The Labute approximate surface area is 99.2 Å². The summed E-state index contributed by atoms with van der Waals surface area (Å²) < 4.78 is 10.4. The first-order valence-corrected chi connectivity index (χ1v) is 5.39. The largest absolute Gasteiger partial charge is 0.481 e. The normalized spacial score (nSPS) is 20.4. The highest BCUT2D eigenvalue weighted by Crippen LogP contribution is 2.20. The third-order valence-corrected chi connectivity index (χ3v) is 2.58. The van der Waals surface area contributed by atoms with Crippen molar-refractivity contribution in [1.29, 1.82) is 0 Å². The number of nitrogens with zero attached hydrogens (tertiary/aromatic N) is 3. The summed E-state index contributed by atoms with van der Waals surface area (Å²) in [6.45, 7) is 1.83. The van der Waals surface area contributed by atoms with Gasteiger partial charge in [0.05, 0.1) is 26.4 Å². The number of ether oxygens (including phenoxy) is 2. The number of aromatic nitrogens is 2. The minimum Gasteiger partial charge on any atom is -0.481 e. The standard InChI is InChI=1S/C10H16N4O3/c1-16-9-4-8(12-10(11)13-9)14-2-3-17-7(5-14)6-15/h4,7,15H,2-3,5-6H2,1H3,(H2,11,12,13). The van der Waals surface area contributed by atoms with E-state index in [1.54, 1.807) is 6.07 Å². The van der Waals surface area contributed by atoms with Crippen LogP contribution in [0.25, 0.3) is 0 Å². The zero-order valence-corrected chi connectivity index (χ0v) is 9.67. The lowest BCUT2D eigenvalue weighted by Gasteiger charge is -2.32. The third kappa shape index (κ3) is 2.75. The van der Waals surface area contributed by atoms with Crippen molar-refractivity contribution in [2.45, 2.75) is 6.10 Å². The Balaban J connectivity index is 2.18. The molecular weight excluding hydrogens is 224 g/mol.